The molecule has 1 amide bonds. The first-order valence-corrected chi connectivity index (χ1v) is 8.77. The lowest BCUT2D eigenvalue weighted by atomic mass is 9.87. The van der Waals surface area contributed by atoms with Crippen LogP contribution >= 0.6 is 0 Å². The van der Waals surface area contributed by atoms with Crippen molar-refractivity contribution < 1.29 is 4.79 Å². The maximum absolute atomic E-state index is 12.6. The summed E-state index contributed by atoms with van der Waals surface area (Å²) in [4.78, 5) is 14.4. The molecular weight excluding hydrogens is 310 g/mol. The Bertz CT molecular complexity index is 822. The van der Waals surface area contributed by atoms with E-state index in [4.69, 9.17) is 0 Å². The first-order chi connectivity index (χ1) is 11.9. The Labute approximate surface area is 149 Å². The van der Waals surface area contributed by atoms with Crippen LogP contribution in [0.15, 0.2) is 36.5 Å². The van der Waals surface area contributed by atoms with E-state index in [1.54, 1.807) is 0 Å². The highest BCUT2D eigenvalue weighted by Gasteiger charge is 2.32. The minimum atomic E-state index is -0.0953. The monoisotopic (exact) mass is 335 g/mol. The van der Waals surface area contributed by atoms with E-state index in [2.05, 4.69) is 42.9 Å². The van der Waals surface area contributed by atoms with Crippen molar-refractivity contribution in [2.75, 3.05) is 6.54 Å². The van der Waals surface area contributed by atoms with E-state index >= 15 is 0 Å². The van der Waals surface area contributed by atoms with E-state index < -0.39 is 0 Å². The Morgan fingerprint density at radius 2 is 1.96 bits per heavy atom. The molecule has 1 aliphatic heterocycles. The van der Waals surface area contributed by atoms with Gasteiger partial charge in [0.25, 0.3) is 5.91 Å². The smallest absolute Gasteiger partial charge is 0.298 e. The van der Waals surface area contributed by atoms with Gasteiger partial charge in [0.05, 0.1) is 11.9 Å². The van der Waals surface area contributed by atoms with E-state index in [1.165, 1.54) is 5.69 Å². The van der Waals surface area contributed by atoms with Crippen LogP contribution in [0.1, 0.15) is 39.0 Å². The number of carbonyl (C=O) groups is 1. The number of fused-ring (bicyclic) bond motifs is 1. The highest BCUT2D eigenvalue weighted by Crippen LogP contribution is 2.31. The molecule has 25 heavy (non-hydrogen) atoms. The second-order valence-electron chi connectivity index (χ2n) is 7.79. The van der Waals surface area contributed by atoms with Crippen LogP contribution in [-0.2, 0) is 17.8 Å². The van der Waals surface area contributed by atoms with Gasteiger partial charge in [-0.3, -0.25) is 4.79 Å². The molecular formula is C21H25N3O. The van der Waals surface area contributed by atoms with Crippen LogP contribution in [0.3, 0.4) is 0 Å². The second kappa shape index (κ2) is 6.76. The molecule has 0 bridgehead atoms. The molecule has 0 spiro atoms. The topological polar surface area (TPSA) is 38.1 Å². The highest BCUT2D eigenvalue weighted by molar-refractivity contribution is 5.93. The van der Waals surface area contributed by atoms with E-state index in [-0.39, 0.29) is 17.2 Å². The number of carbonyl (C=O) groups excluding carboxylic acids is 1. The molecule has 2 heterocycles. The van der Waals surface area contributed by atoms with Gasteiger partial charge in [-0.15, -0.1) is 0 Å². The second-order valence-corrected chi connectivity index (χ2v) is 7.79. The molecule has 0 saturated carbocycles. The number of amides is 1. The molecule has 0 radical (unpaired) electrons. The van der Waals surface area contributed by atoms with E-state index in [1.807, 2.05) is 47.8 Å². The molecule has 0 atom stereocenters. The van der Waals surface area contributed by atoms with E-state index in [0.29, 0.717) is 13.1 Å². The fraction of sp³-hybridized carbons (Fsp3) is 0.429. The molecule has 0 unspecified atom stereocenters. The van der Waals surface area contributed by atoms with Crippen molar-refractivity contribution in [2.24, 2.45) is 11.3 Å². The van der Waals surface area contributed by atoms with Crippen molar-refractivity contribution in [1.29, 1.82) is 0 Å². The number of hydrogen-bond acceptors (Lipinski definition) is 2. The molecule has 130 valence electrons. The van der Waals surface area contributed by atoms with Crippen LogP contribution < -0.4 is 0 Å². The lowest BCUT2D eigenvalue weighted by molar-refractivity contribution is -0.126. The maximum atomic E-state index is 12.6. The van der Waals surface area contributed by atoms with Crippen LogP contribution in [0.2, 0.25) is 0 Å². The summed E-state index contributed by atoms with van der Waals surface area (Å²) in [6.07, 6.45) is 2.76. The predicted molar refractivity (Wildman–Crippen MR) is 99.1 cm³/mol. The van der Waals surface area contributed by atoms with Gasteiger partial charge in [0.1, 0.15) is 0 Å². The zero-order valence-electron chi connectivity index (χ0n) is 15.4. The SMILES string of the molecule is CC(C)C#CC(=O)N1Cc2cnn(-c3ccccc3)c2CC(C)(C)C1. The first-order valence-electron chi connectivity index (χ1n) is 8.77. The van der Waals surface area contributed by atoms with Gasteiger partial charge >= 0.3 is 0 Å². The van der Waals surface area contributed by atoms with Crippen molar-refractivity contribution in [2.45, 2.75) is 40.7 Å². The number of hydrogen-bond donors (Lipinski definition) is 0. The molecule has 4 nitrogen and oxygen atoms in total. The quantitative estimate of drug-likeness (QED) is 0.749. The standard InChI is InChI=1S/C21H25N3O/c1-16(2)10-11-20(25)23-14-17-13-22-24(18-8-6-5-7-9-18)19(17)12-21(3,4)15-23/h5-9,13,16H,12,14-15H2,1-4H3. The summed E-state index contributed by atoms with van der Waals surface area (Å²) in [5, 5.41) is 4.59. The van der Waals surface area contributed by atoms with Crippen molar-refractivity contribution in [1.82, 2.24) is 14.7 Å². The summed E-state index contributed by atoms with van der Waals surface area (Å²) in [7, 11) is 0. The van der Waals surface area contributed by atoms with Crippen LogP contribution in [0.5, 0.6) is 0 Å². The maximum Gasteiger partial charge on any atom is 0.298 e. The largest absolute Gasteiger partial charge is 0.327 e. The lowest BCUT2D eigenvalue weighted by Crippen LogP contribution is -2.36. The Hall–Kier alpha value is -2.54. The molecule has 0 N–H and O–H groups in total. The van der Waals surface area contributed by atoms with Gasteiger partial charge < -0.3 is 4.90 Å². The first kappa shape index (κ1) is 17.3. The van der Waals surface area contributed by atoms with Crippen molar-refractivity contribution in [3.63, 3.8) is 0 Å². The third-order valence-corrected chi connectivity index (χ3v) is 4.34. The third kappa shape index (κ3) is 3.93. The van der Waals surface area contributed by atoms with Gasteiger partial charge in [-0.25, -0.2) is 4.68 Å². The predicted octanol–water partition coefficient (Wildman–Crippen LogP) is 3.44. The van der Waals surface area contributed by atoms with Gasteiger partial charge in [0.15, 0.2) is 0 Å². The minimum absolute atomic E-state index is 0.0347. The molecule has 0 fully saturated rings. The Morgan fingerprint density at radius 3 is 2.64 bits per heavy atom. The molecule has 1 aromatic heterocycles. The van der Waals surface area contributed by atoms with Gasteiger partial charge in [0.2, 0.25) is 0 Å². The van der Waals surface area contributed by atoms with E-state index in [9.17, 15) is 4.79 Å². The Balaban J connectivity index is 1.96. The molecule has 0 saturated heterocycles. The van der Waals surface area contributed by atoms with E-state index in [0.717, 1.165) is 17.7 Å². The van der Waals surface area contributed by atoms with Crippen LogP contribution in [-0.4, -0.2) is 27.1 Å². The van der Waals surface area contributed by atoms with Crippen LogP contribution in [0, 0.1) is 23.2 Å². The normalized spacial score (nSPS) is 16.0. The molecule has 1 aliphatic rings. The summed E-state index contributed by atoms with van der Waals surface area (Å²) >= 11 is 0. The molecule has 2 aromatic rings. The molecule has 3 rings (SSSR count). The van der Waals surface area contributed by atoms with Crippen LogP contribution in [0.25, 0.3) is 5.69 Å². The summed E-state index contributed by atoms with van der Waals surface area (Å²) in [6.45, 7) is 9.64. The average Bonchev–Trinajstić information content (AvgIpc) is 2.88. The molecule has 1 aromatic carbocycles. The summed E-state index contributed by atoms with van der Waals surface area (Å²) in [6, 6.07) is 10.2. The van der Waals surface area contributed by atoms with Crippen molar-refractivity contribution >= 4 is 5.91 Å². The lowest BCUT2D eigenvalue weighted by Gasteiger charge is -2.28. The zero-order chi connectivity index (χ0) is 18.0. The summed E-state index contributed by atoms with van der Waals surface area (Å²) in [5.74, 6) is 5.88. The van der Waals surface area contributed by atoms with Gasteiger partial charge in [-0.2, -0.15) is 5.10 Å². The zero-order valence-corrected chi connectivity index (χ0v) is 15.4. The van der Waals surface area contributed by atoms with Crippen LogP contribution in [0.4, 0.5) is 0 Å². The highest BCUT2D eigenvalue weighted by atomic mass is 16.2. The molecule has 0 aliphatic carbocycles. The summed E-state index contributed by atoms with van der Waals surface area (Å²) < 4.78 is 2.00. The Morgan fingerprint density at radius 1 is 1.24 bits per heavy atom. The number of para-hydroxylation sites is 1. The number of rotatable bonds is 1. The average molecular weight is 335 g/mol. The minimum Gasteiger partial charge on any atom is -0.327 e. The van der Waals surface area contributed by atoms with Gasteiger partial charge in [-0.05, 0) is 29.9 Å². The fourth-order valence-electron chi connectivity index (χ4n) is 3.24. The van der Waals surface area contributed by atoms with Crippen molar-refractivity contribution in [3.8, 4) is 17.5 Å². The number of benzene rings is 1. The fourth-order valence-corrected chi connectivity index (χ4v) is 3.24. The number of aromatic nitrogens is 2. The summed E-state index contributed by atoms with van der Waals surface area (Å²) in [5.41, 5.74) is 3.31. The van der Waals surface area contributed by atoms with Crippen molar-refractivity contribution in [3.05, 3.63) is 47.8 Å². The third-order valence-electron chi connectivity index (χ3n) is 4.34. The number of nitrogens with zero attached hydrogens (tertiary/aromatic N) is 3. The van der Waals surface area contributed by atoms with Gasteiger partial charge in [0, 0.05) is 30.3 Å². The Kier molecular flexibility index (Phi) is 4.67. The van der Waals surface area contributed by atoms with Gasteiger partial charge in [-0.1, -0.05) is 51.8 Å². The molecule has 4 heteroatoms.